The molecule has 7 nitrogen and oxygen atoms in total. The van der Waals surface area contributed by atoms with E-state index in [1.54, 1.807) is 13.3 Å². The van der Waals surface area contributed by atoms with Crippen molar-refractivity contribution in [2.75, 3.05) is 51.3 Å². The zero-order chi connectivity index (χ0) is 18.8. The second-order valence-electron chi connectivity index (χ2n) is 7.73. The van der Waals surface area contributed by atoms with Crippen LogP contribution in [-0.2, 0) is 9.53 Å². The number of rotatable bonds is 5. The summed E-state index contributed by atoms with van der Waals surface area (Å²) in [6, 6.07) is 3.86. The summed E-state index contributed by atoms with van der Waals surface area (Å²) in [7, 11) is 1.66. The molecule has 4 saturated heterocycles. The van der Waals surface area contributed by atoms with E-state index in [4.69, 9.17) is 4.74 Å². The lowest BCUT2D eigenvalue weighted by Gasteiger charge is -2.35. The maximum absolute atomic E-state index is 13.0. The molecule has 27 heavy (non-hydrogen) atoms. The molecular formula is C20H28N4O3. The van der Waals surface area contributed by atoms with E-state index >= 15 is 0 Å². The molecule has 0 saturated carbocycles. The maximum Gasteiger partial charge on any atom is 0.257 e. The van der Waals surface area contributed by atoms with E-state index in [1.807, 2.05) is 21.9 Å². The molecule has 146 valence electrons. The summed E-state index contributed by atoms with van der Waals surface area (Å²) in [6.07, 6.45) is 5.79. The van der Waals surface area contributed by atoms with E-state index in [2.05, 4.69) is 9.88 Å². The van der Waals surface area contributed by atoms with Crippen LogP contribution in [0.5, 0.6) is 0 Å². The van der Waals surface area contributed by atoms with E-state index in [0.29, 0.717) is 25.3 Å². The Morgan fingerprint density at radius 1 is 1.26 bits per heavy atom. The molecule has 7 heteroatoms. The van der Waals surface area contributed by atoms with Crippen LogP contribution in [-0.4, -0.2) is 79.1 Å². The van der Waals surface area contributed by atoms with E-state index in [1.165, 1.54) is 0 Å². The van der Waals surface area contributed by atoms with Crippen LogP contribution in [0.1, 0.15) is 36.0 Å². The molecule has 0 aromatic carbocycles. The van der Waals surface area contributed by atoms with Gasteiger partial charge in [-0.05, 0) is 37.8 Å². The van der Waals surface area contributed by atoms with Gasteiger partial charge in [0.2, 0.25) is 5.91 Å². The van der Waals surface area contributed by atoms with Crippen molar-refractivity contribution in [1.82, 2.24) is 14.8 Å². The molecule has 4 fully saturated rings. The first-order valence-corrected chi connectivity index (χ1v) is 9.97. The summed E-state index contributed by atoms with van der Waals surface area (Å²) in [4.78, 5) is 36.5. The largest absolute Gasteiger partial charge is 0.383 e. The minimum Gasteiger partial charge on any atom is -0.383 e. The minimum atomic E-state index is -0.0302. The fourth-order valence-electron chi connectivity index (χ4n) is 4.60. The molecular weight excluding hydrogens is 344 g/mol. The van der Waals surface area contributed by atoms with Crippen LogP contribution in [0.25, 0.3) is 0 Å². The minimum absolute atomic E-state index is 0.0302. The molecule has 2 amide bonds. The zero-order valence-electron chi connectivity index (χ0n) is 16.0. The Balaban J connectivity index is 1.59. The number of piperidine rings is 1. The van der Waals surface area contributed by atoms with Gasteiger partial charge in [-0.15, -0.1) is 0 Å². The summed E-state index contributed by atoms with van der Waals surface area (Å²) in [6.45, 7) is 4.19. The van der Waals surface area contributed by atoms with Gasteiger partial charge < -0.3 is 19.4 Å². The van der Waals surface area contributed by atoms with Gasteiger partial charge in [-0.3, -0.25) is 9.59 Å². The molecule has 4 aliphatic rings. The molecule has 0 unspecified atom stereocenters. The number of aromatic nitrogens is 1. The number of pyridine rings is 1. The number of methoxy groups -OCH3 is 1. The lowest BCUT2D eigenvalue weighted by atomic mass is 9.94. The maximum atomic E-state index is 13.0. The lowest BCUT2D eigenvalue weighted by Crippen LogP contribution is -2.49. The van der Waals surface area contributed by atoms with Gasteiger partial charge >= 0.3 is 0 Å². The normalized spacial score (nSPS) is 25.2. The third-order valence-electron chi connectivity index (χ3n) is 6.04. The van der Waals surface area contributed by atoms with Crippen molar-refractivity contribution >= 4 is 17.6 Å². The summed E-state index contributed by atoms with van der Waals surface area (Å²) in [5, 5.41) is 0. The third-order valence-corrected chi connectivity index (χ3v) is 6.04. The van der Waals surface area contributed by atoms with Crippen molar-refractivity contribution in [3.05, 3.63) is 23.9 Å². The van der Waals surface area contributed by atoms with Gasteiger partial charge in [-0.1, -0.05) is 0 Å². The van der Waals surface area contributed by atoms with Crippen molar-refractivity contribution in [3.63, 3.8) is 0 Å². The number of hydrogen-bond donors (Lipinski definition) is 0. The number of nitrogens with zero attached hydrogens (tertiary/aromatic N) is 4. The highest BCUT2D eigenvalue weighted by atomic mass is 16.5. The summed E-state index contributed by atoms with van der Waals surface area (Å²) in [5.74, 6) is 0.981. The van der Waals surface area contributed by atoms with Crippen LogP contribution in [0.4, 0.5) is 5.82 Å². The molecule has 0 spiro atoms. The molecule has 1 aromatic rings. The number of anilines is 1. The Hall–Kier alpha value is -2.15. The summed E-state index contributed by atoms with van der Waals surface area (Å²) < 4.78 is 5.19. The van der Waals surface area contributed by atoms with Gasteiger partial charge in [0.1, 0.15) is 5.82 Å². The van der Waals surface area contributed by atoms with Crippen molar-refractivity contribution in [2.24, 2.45) is 5.92 Å². The van der Waals surface area contributed by atoms with Crippen LogP contribution >= 0.6 is 0 Å². The fraction of sp³-hybridized carbons (Fsp3) is 0.650. The predicted molar refractivity (Wildman–Crippen MR) is 102 cm³/mol. The highest BCUT2D eigenvalue weighted by Gasteiger charge is 2.41. The van der Waals surface area contributed by atoms with E-state index < -0.39 is 0 Å². The number of carbonyl (C=O) groups is 2. The van der Waals surface area contributed by atoms with Gasteiger partial charge in [-0.2, -0.15) is 0 Å². The van der Waals surface area contributed by atoms with Crippen molar-refractivity contribution in [3.8, 4) is 0 Å². The number of hydrogen-bond acceptors (Lipinski definition) is 5. The van der Waals surface area contributed by atoms with E-state index in [9.17, 15) is 9.59 Å². The molecule has 2 atom stereocenters. The molecule has 4 aliphatic heterocycles. The quantitative estimate of drug-likeness (QED) is 0.782. The predicted octanol–water partition coefficient (Wildman–Crippen LogP) is 1.39. The SMILES string of the molecule is COCCN1C(=O)[C@H]2CC[C@@H]1CN(c1ncccc1C(=O)N1CCCC1)C2. The first kappa shape index (κ1) is 18.2. The average Bonchev–Trinajstić information content (AvgIpc) is 3.10. The van der Waals surface area contributed by atoms with Crippen LogP contribution in [0.2, 0.25) is 0 Å². The Labute approximate surface area is 160 Å². The number of amides is 2. The lowest BCUT2D eigenvalue weighted by molar-refractivity contribution is -0.140. The van der Waals surface area contributed by atoms with Crippen LogP contribution < -0.4 is 4.90 Å². The monoisotopic (exact) mass is 372 g/mol. The molecule has 5 rings (SSSR count). The summed E-state index contributed by atoms with van der Waals surface area (Å²) in [5.41, 5.74) is 0.664. The number of fused-ring (bicyclic) bond motifs is 4. The van der Waals surface area contributed by atoms with E-state index in [0.717, 1.165) is 51.1 Å². The smallest absolute Gasteiger partial charge is 0.257 e. The Morgan fingerprint density at radius 2 is 2.07 bits per heavy atom. The summed E-state index contributed by atoms with van der Waals surface area (Å²) >= 11 is 0. The van der Waals surface area contributed by atoms with Crippen molar-refractivity contribution in [1.29, 1.82) is 0 Å². The first-order valence-electron chi connectivity index (χ1n) is 9.97. The number of ether oxygens (including phenoxy) is 1. The van der Waals surface area contributed by atoms with Crippen LogP contribution in [0, 0.1) is 5.92 Å². The van der Waals surface area contributed by atoms with Gasteiger partial charge in [-0.25, -0.2) is 4.98 Å². The molecule has 1 aromatic heterocycles. The van der Waals surface area contributed by atoms with E-state index in [-0.39, 0.29) is 23.8 Å². The second kappa shape index (κ2) is 7.84. The Kier molecular flexibility index (Phi) is 5.29. The van der Waals surface area contributed by atoms with Gasteiger partial charge in [0.05, 0.1) is 18.1 Å². The number of carbonyl (C=O) groups excluding carboxylic acids is 2. The molecule has 0 N–H and O–H groups in total. The number of likely N-dealkylation sites (tertiary alicyclic amines) is 1. The van der Waals surface area contributed by atoms with Gasteiger partial charge in [0.15, 0.2) is 0 Å². The highest BCUT2D eigenvalue weighted by molar-refractivity contribution is 5.99. The Morgan fingerprint density at radius 3 is 2.85 bits per heavy atom. The zero-order valence-corrected chi connectivity index (χ0v) is 16.0. The third kappa shape index (κ3) is 3.52. The molecule has 2 bridgehead atoms. The van der Waals surface area contributed by atoms with Crippen molar-refractivity contribution < 1.29 is 14.3 Å². The average molecular weight is 372 g/mol. The Bertz CT molecular complexity index is 704. The highest BCUT2D eigenvalue weighted by Crippen LogP contribution is 2.32. The van der Waals surface area contributed by atoms with Gasteiger partial charge in [0, 0.05) is 52.1 Å². The second-order valence-corrected chi connectivity index (χ2v) is 7.73. The first-order chi connectivity index (χ1) is 13.2. The van der Waals surface area contributed by atoms with Crippen LogP contribution in [0.3, 0.4) is 0 Å². The van der Waals surface area contributed by atoms with Crippen LogP contribution in [0.15, 0.2) is 18.3 Å². The topological polar surface area (TPSA) is 66.0 Å². The molecule has 0 aliphatic carbocycles. The molecule has 0 radical (unpaired) electrons. The fourth-order valence-corrected chi connectivity index (χ4v) is 4.60. The molecule has 5 heterocycles. The van der Waals surface area contributed by atoms with Crippen molar-refractivity contribution in [2.45, 2.75) is 31.7 Å². The standard InChI is InChI=1S/C20H28N4O3/c1-27-12-11-24-16-7-6-15(19(24)25)13-23(14-16)18-17(5-4-8-21-18)20(26)22-9-2-3-10-22/h4-5,8,15-16H,2-3,6-7,9-14H2,1H3/t15-,16+/m0/s1. The van der Waals surface area contributed by atoms with Gasteiger partial charge in [0.25, 0.3) is 5.91 Å².